The Labute approximate surface area is 182 Å². The van der Waals surface area contributed by atoms with E-state index in [1.54, 1.807) is 0 Å². The first-order valence-corrected chi connectivity index (χ1v) is 12.5. The van der Waals surface area contributed by atoms with Gasteiger partial charge in [-0.15, -0.1) is 0 Å². The molecule has 0 bridgehead atoms. The van der Waals surface area contributed by atoms with Gasteiger partial charge in [-0.2, -0.15) is 0 Å². The van der Waals surface area contributed by atoms with Crippen LogP contribution in [0.25, 0.3) is 0 Å². The monoisotopic (exact) mass is 408 g/mol. The Morgan fingerprint density at radius 1 is 0.931 bits per heavy atom. The van der Waals surface area contributed by atoms with Gasteiger partial charge in [-0.1, -0.05) is 88.0 Å². The Morgan fingerprint density at radius 2 is 1.52 bits per heavy atom. The Hall–Kier alpha value is -0.530. The Kier molecular flexibility index (Phi) is 10.7. The molecule has 0 saturated heterocycles. The molecule has 1 aliphatic carbocycles. The zero-order chi connectivity index (χ0) is 22.2. The molecule has 0 N–H and O–H groups in total. The van der Waals surface area contributed by atoms with E-state index in [4.69, 9.17) is 4.74 Å². The highest BCUT2D eigenvalue weighted by molar-refractivity contribution is 5.72. The van der Waals surface area contributed by atoms with Gasteiger partial charge < -0.3 is 4.74 Å². The number of hydrogen-bond acceptors (Lipinski definition) is 2. The summed E-state index contributed by atoms with van der Waals surface area (Å²) in [6.45, 7) is 21.6. The molecule has 2 heteroatoms. The molecule has 0 amide bonds. The third-order valence-corrected chi connectivity index (χ3v) is 6.91. The van der Waals surface area contributed by atoms with E-state index >= 15 is 0 Å². The van der Waals surface area contributed by atoms with Crippen molar-refractivity contribution in [1.29, 1.82) is 0 Å². The third-order valence-electron chi connectivity index (χ3n) is 6.91. The number of carbonyl (C=O) groups is 1. The SMILES string of the molecule is CCC1CCCCC1C(=O)OCC(CCC(C)CC(C)(C)C)C(C)CC(C)(C)C. The van der Waals surface area contributed by atoms with Gasteiger partial charge in [0.1, 0.15) is 0 Å². The molecule has 172 valence electrons. The summed E-state index contributed by atoms with van der Waals surface area (Å²) in [4.78, 5) is 12.9. The number of rotatable bonds is 10. The third kappa shape index (κ3) is 10.9. The zero-order valence-electron chi connectivity index (χ0n) is 21.3. The maximum absolute atomic E-state index is 12.9. The van der Waals surface area contributed by atoms with Gasteiger partial charge in [0.2, 0.25) is 0 Å². The first-order valence-electron chi connectivity index (χ1n) is 12.5. The fourth-order valence-electron chi connectivity index (χ4n) is 5.61. The van der Waals surface area contributed by atoms with Gasteiger partial charge in [-0.3, -0.25) is 4.79 Å². The molecule has 0 aromatic rings. The van der Waals surface area contributed by atoms with Crippen LogP contribution in [0.5, 0.6) is 0 Å². The Morgan fingerprint density at radius 3 is 2.07 bits per heavy atom. The quantitative estimate of drug-likeness (QED) is 0.340. The number of carbonyl (C=O) groups excluding carboxylic acids is 1. The van der Waals surface area contributed by atoms with Crippen LogP contribution in [0.3, 0.4) is 0 Å². The molecule has 5 unspecified atom stereocenters. The van der Waals surface area contributed by atoms with Crippen molar-refractivity contribution >= 4 is 5.97 Å². The van der Waals surface area contributed by atoms with Crippen molar-refractivity contribution in [3.63, 3.8) is 0 Å². The summed E-state index contributed by atoms with van der Waals surface area (Å²) in [5.74, 6) is 2.55. The molecule has 0 aromatic heterocycles. The summed E-state index contributed by atoms with van der Waals surface area (Å²) in [5, 5.41) is 0. The number of esters is 1. The Balaban J connectivity index is 2.68. The van der Waals surface area contributed by atoms with Crippen molar-refractivity contribution in [2.24, 2.45) is 40.4 Å². The second-order valence-corrected chi connectivity index (χ2v) is 12.6. The van der Waals surface area contributed by atoms with E-state index in [0.717, 1.165) is 18.8 Å². The van der Waals surface area contributed by atoms with Crippen molar-refractivity contribution in [3.05, 3.63) is 0 Å². The highest BCUT2D eigenvalue weighted by Gasteiger charge is 2.32. The minimum Gasteiger partial charge on any atom is -0.465 e. The van der Waals surface area contributed by atoms with Gasteiger partial charge in [0, 0.05) is 0 Å². The molecule has 5 atom stereocenters. The maximum Gasteiger partial charge on any atom is 0.309 e. The zero-order valence-corrected chi connectivity index (χ0v) is 21.3. The van der Waals surface area contributed by atoms with Crippen molar-refractivity contribution in [3.8, 4) is 0 Å². The average Bonchev–Trinajstić information content (AvgIpc) is 2.58. The van der Waals surface area contributed by atoms with E-state index in [1.165, 1.54) is 44.9 Å². The molecule has 0 radical (unpaired) electrons. The lowest BCUT2D eigenvalue weighted by Gasteiger charge is -2.33. The predicted octanol–water partition coefficient (Wildman–Crippen LogP) is 8.29. The fraction of sp³-hybridized carbons (Fsp3) is 0.963. The average molecular weight is 409 g/mol. The molecule has 1 aliphatic rings. The van der Waals surface area contributed by atoms with Gasteiger partial charge in [0.15, 0.2) is 0 Å². The van der Waals surface area contributed by atoms with Crippen LogP contribution < -0.4 is 0 Å². The van der Waals surface area contributed by atoms with Gasteiger partial charge in [0.25, 0.3) is 0 Å². The first kappa shape index (κ1) is 26.5. The molecule has 0 spiro atoms. The van der Waals surface area contributed by atoms with Crippen LogP contribution in [0.2, 0.25) is 0 Å². The second kappa shape index (κ2) is 11.8. The van der Waals surface area contributed by atoms with E-state index in [0.29, 0.717) is 35.2 Å². The highest BCUT2D eigenvalue weighted by Crippen LogP contribution is 2.36. The van der Waals surface area contributed by atoms with Gasteiger partial charge in [-0.25, -0.2) is 0 Å². The van der Waals surface area contributed by atoms with Crippen LogP contribution in [-0.4, -0.2) is 12.6 Å². The van der Waals surface area contributed by atoms with Crippen LogP contribution >= 0.6 is 0 Å². The van der Waals surface area contributed by atoms with Crippen molar-refractivity contribution in [1.82, 2.24) is 0 Å². The Bertz CT molecular complexity index is 468. The summed E-state index contributed by atoms with van der Waals surface area (Å²) in [7, 11) is 0. The van der Waals surface area contributed by atoms with E-state index < -0.39 is 0 Å². The van der Waals surface area contributed by atoms with Crippen LogP contribution in [0.4, 0.5) is 0 Å². The molecule has 0 heterocycles. The highest BCUT2D eigenvalue weighted by atomic mass is 16.5. The molecule has 1 saturated carbocycles. The van der Waals surface area contributed by atoms with Gasteiger partial charge >= 0.3 is 5.97 Å². The maximum atomic E-state index is 12.9. The minimum atomic E-state index is 0.0900. The normalized spacial score (nSPS) is 24.0. The van der Waals surface area contributed by atoms with E-state index in [9.17, 15) is 4.79 Å². The summed E-state index contributed by atoms with van der Waals surface area (Å²) < 4.78 is 6.01. The van der Waals surface area contributed by atoms with Crippen molar-refractivity contribution in [2.45, 2.75) is 120 Å². The predicted molar refractivity (Wildman–Crippen MR) is 126 cm³/mol. The largest absolute Gasteiger partial charge is 0.465 e. The molecule has 2 nitrogen and oxygen atoms in total. The molecule has 1 fully saturated rings. The lowest BCUT2D eigenvalue weighted by molar-refractivity contribution is -0.154. The topological polar surface area (TPSA) is 26.3 Å². The van der Waals surface area contributed by atoms with Crippen LogP contribution in [0, 0.1) is 40.4 Å². The summed E-state index contributed by atoms with van der Waals surface area (Å²) >= 11 is 0. The van der Waals surface area contributed by atoms with Crippen LogP contribution in [-0.2, 0) is 9.53 Å². The first-order chi connectivity index (χ1) is 13.3. The second-order valence-electron chi connectivity index (χ2n) is 12.6. The number of ether oxygens (including phenoxy) is 1. The van der Waals surface area contributed by atoms with Crippen LogP contribution in [0.1, 0.15) is 120 Å². The molecule has 29 heavy (non-hydrogen) atoms. The van der Waals surface area contributed by atoms with E-state index in [1.807, 2.05) is 0 Å². The minimum absolute atomic E-state index is 0.0900. The van der Waals surface area contributed by atoms with E-state index in [2.05, 4.69) is 62.3 Å². The molecular formula is C27H52O2. The van der Waals surface area contributed by atoms with Gasteiger partial charge in [0.05, 0.1) is 12.5 Å². The van der Waals surface area contributed by atoms with Crippen molar-refractivity contribution in [2.75, 3.05) is 6.61 Å². The lowest BCUT2D eigenvalue weighted by Crippen LogP contribution is -2.31. The van der Waals surface area contributed by atoms with Crippen molar-refractivity contribution < 1.29 is 9.53 Å². The standard InChI is InChI=1S/C27H52O2/c1-10-22-13-11-12-14-24(22)25(28)29-19-23(21(3)18-27(7,8)9)16-15-20(2)17-26(4,5)6/h20-24H,10-19H2,1-9H3. The summed E-state index contributed by atoms with van der Waals surface area (Å²) in [6, 6.07) is 0. The smallest absolute Gasteiger partial charge is 0.309 e. The molecule has 1 rings (SSSR count). The van der Waals surface area contributed by atoms with E-state index in [-0.39, 0.29) is 11.9 Å². The summed E-state index contributed by atoms with van der Waals surface area (Å²) in [5.41, 5.74) is 0.698. The molecular weight excluding hydrogens is 356 g/mol. The fourth-order valence-corrected chi connectivity index (χ4v) is 5.61. The van der Waals surface area contributed by atoms with Crippen LogP contribution in [0.15, 0.2) is 0 Å². The molecule has 0 aliphatic heterocycles. The molecule has 0 aromatic carbocycles. The number of hydrogen-bond donors (Lipinski definition) is 0. The summed E-state index contributed by atoms with van der Waals surface area (Å²) in [6.07, 6.45) is 10.6. The van der Waals surface area contributed by atoms with Gasteiger partial charge in [-0.05, 0) is 66.6 Å². The lowest BCUT2D eigenvalue weighted by atomic mass is 9.76.